The number of nitrogens with one attached hydrogen (secondary N) is 1. The Morgan fingerprint density at radius 2 is 1.65 bits per heavy atom. The van der Waals surface area contributed by atoms with E-state index in [4.69, 9.17) is 19.2 Å². The van der Waals surface area contributed by atoms with E-state index in [2.05, 4.69) is 21.2 Å². The minimum atomic E-state index is -0.709. The average Bonchev–Trinajstić information content (AvgIpc) is 3.38. The number of hydrogen-bond donors (Lipinski definition) is 1. The second-order valence-corrected chi connectivity index (χ2v) is 12.3. The van der Waals surface area contributed by atoms with Crippen LogP contribution in [-0.4, -0.2) is 24.7 Å². The summed E-state index contributed by atoms with van der Waals surface area (Å²) in [6.45, 7) is 2.18. The lowest BCUT2D eigenvalue weighted by Crippen LogP contribution is -2.40. The molecule has 0 aliphatic carbocycles. The maximum absolute atomic E-state index is 14.2. The molecule has 0 saturated heterocycles. The first kappa shape index (κ1) is 31.1. The molecule has 0 radical (unpaired) electrons. The van der Waals surface area contributed by atoms with E-state index in [1.807, 2.05) is 97.1 Å². The van der Waals surface area contributed by atoms with E-state index in [9.17, 15) is 9.59 Å². The van der Waals surface area contributed by atoms with Crippen LogP contribution < -0.4 is 34.4 Å². The summed E-state index contributed by atoms with van der Waals surface area (Å²) < 4.78 is 19.8. The molecule has 0 spiro atoms. The van der Waals surface area contributed by atoms with Crippen LogP contribution in [0.25, 0.3) is 6.08 Å². The SMILES string of the molecule is COc1ccc([C@H]2C(C(=O)Nc3ccccc3)=C(C)N=c3s/c(=C/c4cc(OC)c(OCc5ccccc5)cc4Br)c(=O)n32)cc1. The first-order chi connectivity index (χ1) is 22.4. The van der Waals surface area contributed by atoms with Crippen molar-refractivity contribution in [3.05, 3.63) is 149 Å². The molecule has 6 rings (SSSR count). The summed E-state index contributed by atoms with van der Waals surface area (Å²) in [5.41, 5.74) is 3.81. The van der Waals surface area contributed by atoms with Crippen molar-refractivity contribution in [2.24, 2.45) is 4.99 Å². The molecule has 8 nitrogen and oxygen atoms in total. The highest BCUT2D eigenvalue weighted by molar-refractivity contribution is 9.10. The molecule has 0 saturated carbocycles. The van der Waals surface area contributed by atoms with E-state index < -0.39 is 6.04 Å². The second-order valence-electron chi connectivity index (χ2n) is 10.5. The predicted octanol–water partition coefficient (Wildman–Crippen LogP) is 6.23. The van der Waals surface area contributed by atoms with Gasteiger partial charge in [0.15, 0.2) is 16.3 Å². The van der Waals surface area contributed by atoms with Crippen molar-refractivity contribution in [2.45, 2.75) is 19.6 Å². The number of benzene rings is 4. The van der Waals surface area contributed by atoms with E-state index in [-0.39, 0.29) is 11.5 Å². The minimum absolute atomic E-state index is 0.266. The van der Waals surface area contributed by atoms with E-state index in [1.165, 1.54) is 11.3 Å². The molecule has 0 unspecified atom stereocenters. The van der Waals surface area contributed by atoms with Crippen LogP contribution in [0.15, 0.2) is 123 Å². The Bertz CT molecular complexity index is 2110. The Hall–Kier alpha value is -4.93. The van der Waals surface area contributed by atoms with E-state index in [0.717, 1.165) is 21.2 Å². The first-order valence-corrected chi connectivity index (χ1v) is 16.0. The number of hydrogen-bond acceptors (Lipinski definition) is 7. The number of ether oxygens (including phenoxy) is 3. The van der Waals surface area contributed by atoms with Crippen LogP contribution in [0, 0.1) is 0 Å². The molecule has 1 amide bonds. The van der Waals surface area contributed by atoms with Gasteiger partial charge in [0.05, 0.1) is 36.1 Å². The Kier molecular flexibility index (Phi) is 9.18. The van der Waals surface area contributed by atoms with Crippen LogP contribution in [0.4, 0.5) is 5.69 Å². The summed E-state index contributed by atoms with van der Waals surface area (Å²) in [7, 11) is 3.17. The van der Waals surface area contributed by atoms with Crippen molar-refractivity contribution in [3.8, 4) is 17.2 Å². The zero-order valence-corrected chi connectivity index (χ0v) is 27.7. The number of methoxy groups -OCH3 is 2. The molecule has 4 aromatic carbocycles. The average molecular weight is 697 g/mol. The summed E-state index contributed by atoms with van der Waals surface area (Å²) in [5.74, 6) is 1.44. The lowest BCUT2D eigenvalue weighted by atomic mass is 9.95. The standard InChI is InChI=1S/C36H30BrN3O5S/c1-22-32(34(41)39-26-12-8-5-9-13-26)33(24-14-16-27(43-2)17-15-24)40-35(42)31(46-36(40)38-22)19-25-18-29(44-3)30(20-28(25)37)45-21-23-10-6-4-7-11-23/h4-20,33H,21H2,1-3H3,(H,39,41)/b31-19+/t33-/m0/s1. The molecule has 5 aromatic rings. The second kappa shape index (κ2) is 13.6. The zero-order chi connectivity index (χ0) is 32.2. The number of halogens is 1. The molecule has 46 heavy (non-hydrogen) atoms. The van der Waals surface area contributed by atoms with Crippen molar-refractivity contribution in [1.82, 2.24) is 4.57 Å². The molecule has 0 bridgehead atoms. The predicted molar refractivity (Wildman–Crippen MR) is 183 cm³/mol. The van der Waals surface area contributed by atoms with Crippen LogP contribution in [0.3, 0.4) is 0 Å². The fourth-order valence-electron chi connectivity index (χ4n) is 5.24. The van der Waals surface area contributed by atoms with Crippen LogP contribution >= 0.6 is 27.3 Å². The maximum atomic E-state index is 14.2. The fourth-order valence-corrected chi connectivity index (χ4v) is 6.72. The lowest BCUT2D eigenvalue weighted by molar-refractivity contribution is -0.113. The molecule has 232 valence electrons. The van der Waals surface area contributed by atoms with Gasteiger partial charge in [0.1, 0.15) is 12.4 Å². The Morgan fingerprint density at radius 1 is 0.957 bits per heavy atom. The molecular formula is C36H30BrN3O5S. The van der Waals surface area contributed by atoms with Gasteiger partial charge in [-0.25, -0.2) is 4.99 Å². The third kappa shape index (κ3) is 6.40. The smallest absolute Gasteiger partial charge is 0.271 e. The molecule has 1 aromatic heterocycles. The topological polar surface area (TPSA) is 91.2 Å². The minimum Gasteiger partial charge on any atom is -0.497 e. The number of carbonyl (C=O) groups is 1. The number of aromatic nitrogens is 1. The fraction of sp³-hybridized carbons (Fsp3) is 0.139. The number of rotatable bonds is 9. The third-order valence-corrected chi connectivity index (χ3v) is 9.21. The summed E-state index contributed by atoms with van der Waals surface area (Å²) in [6, 6.07) is 29.4. The molecule has 1 aliphatic heterocycles. The van der Waals surface area contributed by atoms with Crippen molar-refractivity contribution in [2.75, 3.05) is 19.5 Å². The lowest BCUT2D eigenvalue weighted by Gasteiger charge is -2.25. The van der Waals surface area contributed by atoms with Crippen LogP contribution in [0.5, 0.6) is 17.2 Å². The van der Waals surface area contributed by atoms with Gasteiger partial charge in [-0.1, -0.05) is 87.9 Å². The van der Waals surface area contributed by atoms with Crippen molar-refractivity contribution in [3.63, 3.8) is 0 Å². The molecule has 1 N–H and O–H groups in total. The highest BCUT2D eigenvalue weighted by atomic mass is 79.9. The highest BCUT2D eigenvalue weighted by Gasteiger charge is 2.32. The number of allylic oxidation sites excluding steroid dienone is 1. The van der Waals surface area contributed by atoms with Gasteiger partial charge in [0, 0.05) is 10.2 Å². The summed E-state index contributed by atoms with van der Waals surface area (Å²) >= 11 is 4.92. The number of fused-ring (bicyclic) bond motifs is 1. The summed E-state index contributed by atoms with van der Waals surface area (Å²) in [5, 5.41) is 2.97. The summed E-state index contributed by atoms with van der Waals surface area (Å²) in [6.07, 6.45) is 1.80. The van der Waals surface area contributed by atoms with Crippen molar-refractivity contribution in [1.29, 1.82) is 0 Å². The first-order valence-electron chi connectivity index (χ1n) is 14.4. The molecule has 1 aliphatic rings. The zero-order valence-electron chi connectivity index (χ0n) is 25.3. The quantitative estimate of drug-likeness (QED) is 0.197. The number of amides is 1. The van der Waals surface area contributed by atoms with Gasteiger partial charge < -0.3 is 19.5 Å². The monoisotopic (exact) mass is 695 g/mol. The largest absolute Gasteiger partial charge is 0.497 e. The summed E-state index contributed by atoms with van der Waals surface area (Å²) in [4.78, 5) is 33.2. The van der Waals surface area contributed by atoms with Crippen LogP contribution in [-0.2, 0) is 11.4 Å². The maximum Gasteiger partial charge on any atom is 0.271 e. The number of carbonyl (C=O) groups excluding carboxylic acids is 1. The van der Waals surface area contributed by atoms with Crippen LogP contribution in [0.2, 0.25) is 0 Å². The normalized spacial score (nSPS) is 14.3. The number of para-hydroxylation sites is 1. The van der Waals surface area contributed by atoms with Crippen molar-refractivity contribution < 1.29 is 19.0 Å². The number of anilines is 1. The van der Waals surface area contributed by atoms with Crippen molar-refractivity contribution >= 4 is 44.9 Å². The Morgan fingerprint density at radius 3 is 2.33 bits per heavy atom. The number of thiazole rings is 1. The molecular weight excluding hydrogens is 666 g/mol. The van der Waals surface area contributed by atoms with E-state index in [1.54, 1.807) is 31.8 Å². The third-order valence-electron chi connectivity index (χ3n) is 7.54. The van der Waals surface area contributed by atoms with Gasteiger partial charge in [-0.2, -0.15) is 0 Å². The molecule has 2 heterocycles. The highest BCUT2D eigenvalue weighted by Crippen LogP contribution is 2.35. The van der Waals surface area contributed by atoms with E-state index in [0.29, 0.717) is 50.1 Å². The molecule has 10 heteroatoms. The molecule has 1 atom stereocenters. The van der Waals surface area contributed by atoms with Crippen LogP contribution in [0.1, 0.15) is 29.7 Å². The van der Waals surface area contributed by atoms with Gasteiger partial charge in [-0.05, 0) is 66.1 Å². The van der Waals surface area contributed by atoms with Gasteiger partial charge in [0.25, 0.3) is 11.5 Å². The van der Waals surface area contributed by atoms with Gasteiger partial charge in [0.2, 0.25) is 0 Å². The molecule has 0 fully saturated rings. The van der Waals surface area contributed by atoms with Gasteiger partial charge >= 0.3 is 0 Å². The van der Waals surface area contributed by atoms with Gasteiger partial charge in [-0.3, -0.25) is 14.2 Å². The van der Waals surface area contributed by atoms with Gasteiger partial charge in [-0.15, -0.1) is 0 Å². The Balaban J connectivity index is 1.42. The number of nitrogens with zero attached hydrogens (tertiary/aromatic N) is 2. The van der Waals surface area contributed by atoms with E-state index >= 15 is 0 Å². The Labute approximate surface area is 278 Å².